The van der Waals surface area contributed by atoms with Gasteiger partial charge >= 0.3 is 6.09 Å². The summed E-state index contributed by atoms with van der Waals surface area (Å²) in [6, 6.07) is -1.16. The number of carboxylic acid groups (broad SMARTS) is 1. The summed E-state index contributed by atoms with van der Waals surface area (Å²) in [6.07, 6.45) is -1.10. The van der Waals surface area contributed by atoms with Gasteiger partial charge in [0.15, 0.2) is 0 Å². The molecule has 0 spiro atoms. The fraction of sp³-hybridized carbons (Fsp3) is 0.667. The van der Waals surface area contributed by atoms with Gasteiger partial charge in [0.05, 0.1) is 12.1 Å². The van der Waals surface area contributed by atoms with Crippen molar-refractivity contribution in [1.29, 1.82) is 0 Å². The molecule has 2 unspecified atom stereocenters. The van der Waals surface area contributed by atoms with Crippen LogP contribution < -0.4 is 5.32 Å². The van der Waals surface area contributed by atoms with E-state index in [-0.39, 0.29) is 24.7 Å². The van der Waals surface area contributed by atoms with E-state index in [0.29, 0.717) is 0 Å². The molecule has 1 aliphatic heterocycles. The predicted octanol–water partition coefficient (Wildman–Crippen LogP) is -0.515. The molecule has 0 bridgehead atoms. The quantitative estimate of drug-likeness (QED) is 0.646. The molecule has 2 atom stereocenters. The third-order valence-corrected chi connectivity index (χ3v) is 2.46. The van der Waals surface area contributed by atoms with Crippen LogP contribution in [0, 0.1) is 0 Å². The molecule has 0 saturated carbocycles. The second kappa shape index (κ2) is 4.39. The van der Waals surface area contributed by atoms with E-state index in [1.165, 1.54) is 13.8 Å². The van der Waals surface area contributed by atoms with Gasteiger partial charge in [0.25, 0.3) is 0 Å². The zero-order valence-corrected chi connectivity index (χ0v) is 8.69. The highest BCUT2D eigenvalue weighted by molar-refractivity contribution is 5.87. The average Bonchev–Trinajstić information content (AvgIpc) is 2.16. The number of carbonyl (C=O) groups is 3. The van der Waals surface area contributed by atoms with Crippen LogP contribution >= 0.6 is 0 Å². The molecule has 1 saturated heterocycles. The van der Waals surface area contributed by atoms with Gasteiger partial charge in [-0.3, -0.25) is 14.9 Å². The standard InChI is InChI=1S/C9H14N2O4/c1-5(12)7-3-11(9(14)15)4-8(10-7)6(2)13/h7-8,10H,3-4H2,1-2H3,(H,14,15). The van der Waals surface area contributed by atoms with Gasteiger partial charge in [-0.25, -0.2) is 4.79 Å². The molecule has 0 aromatic heterocycles. The van der Waals surface area contributed by atoms with Crippen LogP contribution in [0.2, 0.25) is 0 Å². The Bertz CT molecular complexity index is 249. The molecule has 0 aromatic rings. The normalized spacial score (nSPS) is 26.1. The first-order chi connectivity index (χ1) is 6.91. The summed E-state index contributed by atoms with van der Waals surface area (Å²) >= 11 is 0. The Hall–Kier alpha value is -1.43. The first-order valence-electron chi connectivity index (χ1n) is 4.66. The first-order valence-corrected chi connectivity index (χ1v) is 4.66. The summed E-state index contributed by atoms with van der Waals surface area (Å²) in [7, 11) is 0. The van der Waals surface area contributed by atoms with E-state index in [0.717, 1.165) is 4.90 Å². The highest BCUT2D eigenvalue weighted by Gasteiger charge is 2.33. The fourth-order valence-electron chi connectivity index (χ4n) is 1.51. The summed E-state index contributed by atoms with van der Waals surface area (Å²) in [5.41, 5.74) is 0. The van der Waals surface area contributed by atoms with Gasteiger partial charge in [0.2, 0.25) is 0 Å². The van der Waals surface area contributed by atoms with E-state index in [2.05, 4.69) is 5.32 Å². The molecule has 1 amide bonds. The monoisotopic (exact) mass is 214 g/mol. The van der Waals surface area contributed by atoms with E-state index < -0.39 is 18.2 Å². The summed E-state index contributed by atoms with van der Waals surface area (Å²) in [6.45, 7) is 2.96. The van der Waals surface area contributed by atoms with Gasteiger partial charge in [-0.05, 0) is 13.8 Å². The lowest BCUT2D eigenvalue weighted by Crippen LogP contribution is -2.61. The summed E-state index contributed by atoms with van der Waals surface area (Å²) in [5.74, 6) is -0.320. The molecule has 1 fully saturated rings. The lowest BCUT2D eigenvalue weighted by atomic mass is 10.0. The van der Waals surface area contributed by atoms with E-state index in [9.17, 15) is 14.4 Å². The van der Waals surface area contributed by atoms with Gasteiger partial charge in [0.1, 0.15) is 11.6 Å². The number of amides is 1. The van der Waals surface area contributed by atoms with E-state index in [1.54, 1.807) is 0 Å². The Morgan fingerprint density at radius 1 is 1.13 bits per heavy atom. The lowest BCUT2D eigenvalue weighted by Gasteiger charge is -2.35. The number of ketones is 2. The zero-order valence-electron chi connectivity index (χ0n) is 8.69. The molecule has 0 radical (unpaired) electrons. The minimum absolute atomic E-state index is 0.106. The molecule has 0 aromatic carbocycles. The van der Waals surface area contributed by atoms with E-state index in [4.69, 9.17) is 5.11 Å². The van der Waals surface area contributed by atoms with Crippen LogP contribution in [0.15, 0.2) is 0 Å². The molecule has 6 nitrogen and oxygen atoms in total. The number of hydrogen-bond acceptors (Lipinski definition) is 4. The van der Waals surface area contributed by atoms with Crippen LogP contribution in [0.25, 0.3) is 0 Å². The van der Waals surface area contributed by atoms with Crippen LogP contribution in [0.1, 0.15) is 13.8 Å². The van der Waals surface area contributed by atoms with Gasteiger partial charge in [-0.2, -0.15) is 0 Å². The Balaban J connectivity index is 2.77. The molecule has 6 heteroatoms. The molecular weight excluding hydrogens is 200 g/mol. The summed E-state index contributed by atoms with van der Waals surface area (Å²) in [4.78, 5) is 34.1. The van der Waals surface area contributed by atoms with Crippen molar-refractivity contribution in [3.63, 3.8) is 0 Å². The van der Waals surface area contributed by atoms with Crippen molar-refractivity contribution in [2.45, 2.75) is 25.9 Å². The molecular formula is C9H14N2O4. The molecule has 2 N–H and O–H groups in total. The predicted molar refractivity (Wildman–Crippen MR) is 51.7 cm³/mol. The average molecular weight is 214 g/mol. The number of piperazine rings is 1. The number of hydrogen-bond donors (Lipinski definition) is 2. The maximum Gasteiger partial charge on any atom is 0.407 e. The maximum absolute atomic E-state index is 11.1. The minimum Gasteiger partial charge on any atom is -0.465 e. The third kappa shape index (κ3) is 2.76. The van der Waals surface area contributed by atoms with E-state index in [1.807, 2.05) is 0 Å². The SMILES string of the molecule is CC(=O)C1CN(C(=O)O)CC(C(C)=O)N1. The van der Waals surface area contributed by atoms with E-state index >= 15 is 0 Å². The zero-order chi connectivity index (χ0) is 11.6. The summed E-state index contributed by atoms with van der Waals surface area (Å²) in [5, 5.41) is 11.6. The fourth-order valence-corrected chi connectivity index (χ4v) is 1.51. The molecule has 84 valence electrons. The number of nitrogens with one attached hydrogen (secondary N) is 1. The molecule has 1 rings (SSSR count). The number of nitrogens with zero attached hydrogens (tertiary/aromatic N) is 1. The molecule has 15 heavy (non-hydrogen) atoms. The van der Waals surface area contributed by atoms with Crippen molar-refractivity contribution < 1.29 is 19.5 Å². The number of rotatable bonds is 2. The van der Waals surface area contributed by atoms with Crippen molar-refractivity contribution in [2.24, 2.45) is 0 Å². The number of carbonyl (C=O) groups excluding carboxylic acids is 2. The highest BCUT2D eigenvalue weighted by Crippen LogP contribution is 2.06. The van der Waals surface area contributed by atoms with Crippen LogP contribution in [0.3, 0.4) is 0 Å². The van der Waals surface area contributed by atoms with Crippen LogP contribution in [-0.4, -0.2) is 52.8 Å². The Morgan fingerprint density at radius 3 is 1.80 bits per heavy atom. The maximum atomic E-state index is 11.1. The topological polar surface area (TPSA) is 86.7 Å². The molecule has 1 heterocycles. The van der Waals surface area contributed by atoms with Crippen molar-refractivity contribution in [1.82, 2.24) is 10.2 Å². The van der Waals surface area contributed by atoms with Gasteiger partial charge in [-0.15, -0.1) is 0 Å². The lowest BCUT2D eigenvalue weighted by molar-refractivity contribution is -0.123. The van der Waals surface area contributed by atoms with Crippen molar-refractivity contribution >= 4 is 17.7 Å². The smallest absolute Gasteiger partial charge is 0.407 e. The second-order valence-corrected chi connectivity index (χ2v) is 3.68. The van der Waals surface area contributed by atoms with Crippen LogP contribution in [-0.2, 0) is 9.59 Å². The van der Waals surface area contributed by atoms with Gasteiger partial charge < -0.3 is 10.0 Å². The molecule has 0 aliphatic carbocycles. The Labute approximate surface area is 87.2 Å². The van der Waals surface area contributed by atoms with Crippen LogP contribution in [0.5, 0.6) is 0 Å². The van der Waals surface area contributed by atoms with Crippen molar-refractivity contribution in [2.75, 3.05) is 13.1 Å². The third-order valence-electron chi connectivity index (χ3n) is 2.46. The number of Topliss-reactive ketones (excluding diaryl/α,β-unsaturated/α-hetero) is 2. The first kappa shape index (κ1) is 11.6. The minimum atomic E-state index is -1.10. The Morgan fingerprint density at radius 2 is 1.53 bits per heavy atom. The summed E-state index contributed by atoms with van der Waals surface area (Å²) < 4.78 is 0. The van der Waals surface area contributed by atoms with Crippen LogP contribution in [0.4, 0.5) is 4.79 Å². The van der Waals surface area contributed by atoms with Gasteiger partial charge in [0, 0.05) is 13.1 Å². The van der Waals surface area contributed by atoms with Crippen molar-refractivity contribution in [3.8, 4) is 0 Å². The molecule has 1 aliphatic rings. The Kier molecular flexibility index (Phi) is 3.41. The second-order valence-electron chi connectivity index (χ2n) is 3.68. The highest BCUT2D eigenvalue weighted by atomic mass is 16.4. The van der Waals surface area contributed by atoms with Crippen molar-refractivity contribution in [3.05, 3.63) is 0 Å². The largest absolute Gasteiger partial charge is 0.465 e. The van der Waals surface area contributed by atoms with Gasteiger partial charge in [-0.1, -0.05) is 0 Å².